The van der Waals surface area contributed by atoms with E-state index in [1.54, 1.807) is 12.1 Å². The van der Waals surface area contributed by atoms with Crippen LogP contribution in [0.25, 0.3) is 0 Å². The van der Waals surface area contributed by atoms with Crippen molar-refractivity contribution >= 4 is 17.5 Å². The number of piperidine rings is 1. The molecule has 6 heteroatoms. The lowest BCUT2D eigenvalue weighted by Crippen LogP contribution is -2.34. The number of hydrogen-bond acceptors (Lipinski definition) is 4. The van der Waals surface area contributed by atoms with Gasteiger partial charge in [-0.05, 0) is 43.8 Å². The number of nitrogens with zero attached hydrogens (tertiary/aromatic N) is 1. The van der Waals surface area contributed by atoms with Gasteiger partial charge in [0.1, 0.15) is 6.61 Å². The second-order valence-corrected chi connectivity index (χ2v) is 6.22. The number of halogens is 1. The molecule has 0 aromatic carbocycles. The fourth-order valence-corrected chi connectivity index (χ4v) is 2.85. The van der Waals surface area contributed by atoms with Crippen LogP contribution in [0.3, 0.4) is 0 Å². The van der Waals surface area contributed by atoms with Crippen LogP contribution in [0.4, 0.5) is 0 Å². The van der Waals surface area contributed by atoms with Crippen LogP contribution < -0.4 is 15.4 Å². The highest BCUT2D eigenvalue weighted by atomic mass is 35.5. The summed E-state index contributed by atoms with van der Waals surface area (Å²) >= 11 is 5.75. The molecular formula is C16H24ClN3O2. The van der Waals surface area contributed by atoms with Crippen LogP contribution in [0.1, 0.15) is 26.2 Å². The molecule has 1 unspecified atom stereocenters. The fraction of sp³-hybridized carbons (Fsp3) is 0.625. The van der Waals surface area contributed by atoms with Gasteiger partial charge in [-0.15, -0.1) is 0 Å². The van der Waals surface area contributed by atoms with Crippen molar-refractivity contribution in [2.24, 2.45) is 11.8 Å². The lowest BCUT2D eigenvalue weighted by Gasteiger charge is -2.27. The summed E-state index contributed by atoms with van der Waals surface area (Å²) in [5, 5.41) is 6.83. The summed E-state index contributed by atoms with van der Waals surface area (Å²) in [4.78, 5) is 16.0. The van der Waals surface area contributed by atoms with E-state index in [0.29, 0.717) is 42.3 Å². The van der Waals surface area contributed by atoms with Gasteiger partial charge in [0.25, 0.3) is 0 Å². The predicted octanol–water partition coefficient (Wildman–Crippen LogP) is 2.26. The molecule has 122 valence electrons. The van der Waals surface area contributed by atoms with Gasteiger partial charge in [-0.25, -0.2) is 4.98 Å². The lowest BCUT2D eigenvalue weighted by atomic mass is 9.84. The molecule has 2 heterocycles. The number of carbonyl (C=O) groups is 1. The number of ether oxygens (including phenoxy) is 1. The van der Waals surface area contributed by atoms with Gasteiger partial charge in [0.2, 0.25) is 11.8 Å². The van der Waals surface area contributed by atoms with E-state index in [1.165, 1.54) is 19.0 Å². The summed E-state index contributed by atoms with van der Waals surface area (Å²) in [6.45, 7) is 5.20. The predicted molar refractivity (Wildman–Crippen MR) is 87.1 cm³/mol. The Morgan fingerprint density at radius 3 is 2.95 bits per heavy atom. The quantitative estimate of drug-likeness (QED) is 0.755. The molecule has 0 bridgehead atoms. The van der Waals surface area contributed by atoms with Crippen LogP contribution in [0.2, 0.25) is 5.02 Å². The molecule has 2 rings (SSSR count). The summed E-state index contributed by atoms with van der Waals surface area (Å²) in [5.41, 5.74) is 0. The van der Waals surface area contributed by atoms with Crippen molar-refractivity contribution in [2.45, 2.75) is 26.2 Å². The molecule has 0 aliphatic carbocycles. The van der Waals surface area contributed by atoms with Gasteiger partial charge in [-0.1, -0.05) is 18.5 Å². The van der Waals surface area contributed by atoms with E-state index in [0.717, 1.165) is 13.1 Å². The van der Waals surface area contributed by atoms with Crippen molar-refractivity contribution in [1.29, 1.82) is 0 Å². The Kier molecular flexibility index (Phi) is 6.93. The van der Waals surface area contributed by atoms with Crippen molar-refractivity contribution in [1.82, 2.24) is 15.6 Å². The molecule has 1 atom stereocenters. The first-order chi connectivity index (χ1) is 10.6. The maximum absolute atomic E-state index is 11.9. The maximum atomic E-state index is 11.9. The fourth-order valence-electron chi connectivity index (χ4n) is 2.74. The number of pyridine rings is 1. The Bertz CT molecular complexity index is 461. The minimum atomic E-state index is 0.0960. The molecule has 1 fully saturated rings. The van der Waals surface area contributed by atoms with E-state index >= 15 is 0 Å². The largest absolute Gasteiger partial charge is 0.476 e. The molecule has 1 aromatic rings. The molecule has 1 aliphatic rings. The number of nitrogens with one attached hydrogen (secondary N) is 2. The molecule has 1 aliphatic heterocycles. The van der Waals surface area contributed by atoms with E-state index in [-0.39, 0.29) is 5.91 Å². The highest BCUT2D eigenvalue weighted by Crippen LogP contribution is 2.24. The van der Waals surface area contributed by atoms with Crippen LogP contribution >= 0.6 is 11.6 Å². The van der Waals surface area contributed by atoms with Crippen LogP contribution in [-0.2, 0) is 4.79 Å². The third-order valence-corrected chi connectivity index (χ3v) is 4.29. The Morgan fingerprint density at radius 2 is 2.27 bits per heavy atom. The van der Waals surface area contributed by atoms with Gasteiger partial charge in [0.05, 0.1) is 11.6 Å². The van der Waals surface area contributed by atoms with Gasteiger partial charge in [-0.3, -0.25) is 4.79 Å². The highest BCUT2D eigenvalue weighted by Gasteiger charge is 2.21. The summed E-state index contributed by atoms with van der Waals surface area (Å²) in [7, 11) is 0. The molecule has 0 saturated carbocycles. The Morgan fingerprint density at radius 1 is 1.50 bits per heavy atom. The smallest absolute Gasteiger partial charge is 0.220 e. The Balaban J connectivity index is 1.60. The first-order valence-electron chi connectivity index (χ1n) is 7.87. The average molecular weight is 326 g/mol. The third kappa shape index (κ3) is 5.81. The normalized spacial score (nSPS) is 17.0. The molecule has 1 amide bonds. The zero-order valence-corrected chi connectivity index (χ0v) is 13.7. The average Bonchev–Trinajstić information content (AvgIpc) is 2.54. The summed E-state index contributed by atoms with van der Waals surface area (Å²) in [5.74, 6) is 1.70. The lowest BCUT2D eigenvalue weighted by molar-refractivity contribution is -0.122. The van der Waals surface area contributed by atoms with Crippen molar-refractivity contribution < 1.29 is 9.53 Å². The molecule has 22 heavy (non-hydrogen) atoms. The van der Waals surface area contributed by atoms with Crippen LogP contribution in [0.5, 0.6) is 5.88 Å². The second-order valence-electron chi connectivity index (χ2n) is 5.78. The summed E-state index contributed by atoms with van der Waals surface area (Å²) < 4.78 is 5.44. The van der Waals surface area contributed by atoms with E-state index in [2.05, 4.69) is 22.5 Å². The molecular weight excluding hydrogens is 302 g/mol. The van der Waals surface area contributed by atoms with Crippen molar-refractivity contribution in [3.63, 3.8) is 0 Å². The van der Waals surface area contributed by atoms with Gasteiger partial charge in [0.15, 0.2) is 0 Å². The third-order valence-electron chi connectivity index (χ3n) is 4.07. The topological polar surface area (TPSA) is 63.2 Å². The molecule has 1 aromatic heterocycles. The minimum Gasteiger partial charge on any atom is -0.476 e. The zero-order valence-electron chi connectivity index (χ0n) is 13.0. The Labute approximate surface area is 136 Å². The van der Waals surface area contributed by atoms with E-state index in [1.807, 2.05) is 0 Å². The number of amides is 1. The zero-order chi connectivity index (χ0) is 15.8. The van der Waals surface area contributed by atoms with Gasteiger partial charge < -0.3 is 15.4 Å². The Hall–Kier alpha value is -1.33. The van der Waals surface area contributed by atoms with Gasteiger partial charge >= 0.3 is 0 Å². The molecule has 1 saturated heterocycles. The minimum absolute atomic E-state index is 0.0960. The first-order valence-corrected chi connectivity index (χ1v) is 8.24. The van der Waals surface area contributed by atoms with E-state index < -0.39 is 0 Å². The maximum Gasteiger partial charge on any atom is 0.220 e. The molecule has 0 spiro atoms. The van der Waals surface area contributed by atoms with Crippen molar-refractivity contribution in [3.8, 4) is 5.88 Å². The molecule has 5 nitrogen and oxygen atoms in total. The second kappa shape index (κ2) is 8.96. The number of aromatic nitrogens is 1. The van der Waals surface area contributed by atoms with Crippen LogP contribution in [0, 0.1) is 11.8 Å². The molecule has 2 N–H and O–H groups in total. The van der Waals surface area contributed by atoms with Crippen molar-refractivity contribution in [3.05, 3.63) is 23.4 Å². The van der Waals surface area contributed by atoms with Crippen LogP contribution in [-0.4, -0.2) is 37.1 Å². The number of hydrogen-bond donors (Lipinski definition) is 2. The number of rotatable bonds is 7. The van der Waals surface area contributed by atoms with Gasteiger partial charge in [0, 0.05) is 18.7 Å². The first kappa shape index (κ1) is 17.0. The number of carbonyl (C=O) groups excluding carboxylic acids is 1. The standard InChI is InChI=1S/C16H24ClN3O2/c1-12(13-4-6-18-7-5-13)10-15(21)19-8-9-22-16-3-2-14(17)11-20-16/h2-3,11-13,18H,4-10H2,1H3,(H,19,21). The van der Waals surface area contributed by atoms with E-state index in [9.17, 15) is 4.79 Å². The van der Waals surface area contributed by atoms with E-state index in [4.69, 9.17) is 16.3 Å². The SMILES string of the molecule is CC(CC(=O)NCCOc1ccc(Cl)cn1)C1CCNCC1. The highest BCUT2D eigenvalue weighted by molar-refractivity contribution is 6.30. The van der Waals surface area contributed by atoms with Crippen molar-refractivity contribution in [2.75, 3.05) is 26.2 Å². The summed E-state index contributed by atoms with van der Waals surface area (Å²) in [6.07, 6.45) is 4.46. The monoisotopic (exact) mass is 325 g/mol. The molecule has 0 radical (unpaired) electrons. The summed E-state index contributed by atoms with van der Waals surface area (Å²) in [6, 6.07) is 3.44. The van der Waals surface area contributed by atoms with Crippen LogP contribution in [0.15, 0.2) is 18.3 Å². The van der Waals surface area contributed by atoms with Gasteiger partial charge in [-0.2, -0.15) is 0 Å².